The third kappa shape index (κ3) is 2.43. The fourth-order valence-corrected chi connectivity index (χ4v) is 7.74. The molecule has 2 heterocycles. The van der Waals surface area contributed by atoms with Gasteiger partial charge in [0, 0.05) is 18.6 Å². The van der Waals surface area contributed by atoms with Gasteiger partial charge in [0.1, 0.15) is 4.90 Å². The molecule has 106 valence electrons. The predicted molar refractivity (Wildman–Crippen MR) is 79.7 cm³/mol. The molecule has 4 unspecified atom stereocenters. The van der Waals surface area contributed by atoms with Crippen molar-refractivity contribution in [2.75, 3.05) is 6.61 Å². The van der Waals surface area contributed by atoms with Crippen molar-refractivity contribution in [3.8, 4) is 0 Å². The summed E-state index contributed by atoms with van der Waals surface area (Å²) in [4.78, 5) is 0.234. The van der Waals surface area contributed by atoms with Crippen LogP contribution in [0.4, 0.5) is 0 Å². The lowest BCUT2D eigenvalue weighted by Gasteiger charge is -2.45. The van der Waals surface area contributed by atoms with Crippen LogP contribution in [0.2, 0.25) is 0 Å². The summed E-state index contributed by atoms with van der Waals surface area (Å²) in [5.41, 5.74) is 6.01. The standard InChI is InChI=1S/C10H12Br2N2O3S2/c11-6-3-5(10(12)18-6)19(15,16)14-8-7(13)4-1-2-17-9(4)8/h3-4,7-9,14H,1-2,13H2. The van der Waals surface area contributed by atoms with E-state index in [-0.39, 0.29) is 29.0 Å². The number of nitrogens with two attached hydrogens (primary N) is 1. The molecule has 0 bridgehead atoms. The number of nitrogens with one attached hydrogen (secondary N) is 1. The lowest BCUT2D eigenvalue weighted by atomic mass is 9.73. The van der Waals surface area contributed by atoms with E-state index in [9.17, 15) is 8.42 Å². The third-order valence-electron chi connectivity index (χ3n) is 3.65. The number of sulfonamides is 1. The van der Waals surface area contributed by atoms with Crippen LogP contribution in [0.15, 0.2) is 18.5 Å². The summed E-state index contributed by atoms with van der Waals surface area (Å²) >= 11 is 7.86. The fourth-order valence-electron chi connectivity index (χ4n) is 2.65. The number of halogens is 2. The maximum atomic E-state index is 12.3. The minimum absolute atomic E-state index is 0.0781. The minimum atomic E-state index is -3.58. The number of thiophene rings is 1. The second kappa shape index (κ2) is 5.04. The minimum Gasteiger partial charge on any atom is -0.376 e. The largest absolute Gasteiger partial charge is 0.376 e. The van der Waals surface area contributed by atoms with E-state index in [1.165, 1.54) is 11.3 Å². The molecule has 1 saturated heterocycles. The van der Waals surface area contributed by atoms with Crippen molar-refractivity contribution < 1.29 is 13.2 Å². The predicted octanol–water partition coefficient (Wildman–Crippen LogP) is 1.67. The average Bonchev–Trinajstić information content (AvgIpc) is 2.90. The van der Waals surface area contributed by atoms with Gasteiger partial charge in [0.25, 0.3) is 0 Å². The molecule has 0 spiro atoms. The molecular formula is C10H12Br2N2O3S2. The second-order valence-corrected chi connectivity index (χ2v) is 10.1. The molecule has 9 heteroatoms. The van der Waals surface area contributed by atoms with Gasteiger partial charge in [-0.15, -0.1) is 11.3 Å². The molecule has 4 atom stereocenters. The molecule has 1 aromatic heterocycles. The number of ether oxygens (including phenoxy) is 1. The van der Waals surface area contributed by atoms with Crippen molar-refractivity contribution in [1.82, 2.24) is 4.72 Å². The maximum absolute atomic E-state index is 12.3. The van der Waals surface area contributed by atoms with Crippen LogP contribution in [0, 0.1) is 5.92 Å². The van der Waals surface area contributed by atoms with Crippen molar-refractivity contribution in [3.63, 3.8) is 0 Å². The van der Waals surface area contributed by atoms with Gasteiger partial charge in [-0.25, -0.2) is 13.1 Å². The van der Waals surface area contributed by atoms with E-state index >= 15 is 0 Å². The molecule has 5 nitrogen and oxygen atoms in total. The van der Waals surface area contributed by atoms with Gasteiger partial charge >= 0.3 is 0 Å². The molecule has 19 heavy (non-hydrogen) atoms. The van der Waals surface area contributed by atoms with Crippen LogP contribution in [0.3, 0.4) is 0 Å². The Labute approximate surface area is 132 Å². The zero-order chi connectivity index (χ0) is 13.8. The number of hydrogen-bond donors (Lipinski definition) is 2. The number of hydrogen-bond acceptors (Lipinski definition) is 5. The summed E-state index contributed by atoms with van der Waals surface area (Å²) in [5, 5.41) is 0. The van der Waals surface area contributed by atoms with Crippen molar-refractivity contribution >= 4 is 53.2 Å². The lowest BCUT2D eigenvalue weighted by molar-refractivity contribution is -0.00924. The summed E-state index contributed by atoms with van der Waals surface area (Å²) in [6, 6.07) is 1.08. The van der Waals surface area contributed by atoms with Crippen LogP contribution in [0.25, 0.3) is 0 Å². The highest BCUT2D eigenvalue weighted by Crippen LogP contribution is 2.40. The Hall–Kier alpha value is 0.490. The zero-order valence-corrected chi connectivity index (χ0v) is 14.5. The molecule has 1 saturated carbocycles. The van der Waals surface area contributed by atoms with Gasteiger partial charge in [-0.2, -0.15) is 0 Å². The summed E-state index contributed by atoms with van der Waals surface area (Å²) in [6.07, 6.45) is 0.836. The normalized spacial score (nSPS) is 34.1. The first-order chi connectivity index (χ1) is 8.90. The molecule has 3 rings (SSSR count). The summed E-state index contributed by atoms with van der Waals surface area (Å²) in [6.45, 7) is 0.662. The number of fused-ring (bicyclic) bond motifs is 1. The van der Waals surface area contributed by atoms with Gasteiger partial charge < -0.3 is 10.5 Å². The molecule has 1 aliphatic carbocycles. The highest BCUT2D eigenvalue weighted by atomic mass is 79.9. The van der Waals surface area contributed by atoms with Crippen molar-refractivity contribution in [3.05, 3.63) is 13.6 Å². The van der Waals surface area contributed by atoms with Crippen LogP contribution in [-0.4, -0.2) is 33.2 Å². The average molecular weight is 432 g/mol. The smallest absolute Gasteiger partial charge is 0.242 e. The molecule has 0 radical (unpaired) electrons. The first kappa shape index (κ1) is 14.4. The summed E-state index contributed by atoms with van der Waals surface area (Å²) in [7, 11) is -3.58. The van der Waals surface area contributed by atoms with E-state index in [4.69, 9.17) is 10.5 Å². The first-order valence-electron chi connectivity index (χ1n) is 5.74. The Kier molecular flexibility index (Phi) is 3.83. The molecule has 3 N–H and O–H groups in total. The Morgan fingerprint density at radius 1 is 1.47 bits per heavy atom. The summed E-state index contributed by atoms with van der Waals surface area (Å²) in [5.74, 6) is 0.283. The van der Waals surface area contributed by atoms with E-state index < -0.39 is 10.0 Å². The highest BCUT2D eigenvalue weighted by Gasteiger charge is 2.53. The van der Waals surface area contributed by atoms with Crippen molar-refractivity contribution in [1.29, 1.82) is 0 Å². The van der Waals surface area contributed by atoms with Crippen LogP contribution < -0.4 is 10.5 Å². The van der Waals surface area contributed by atoms with Gasteiger partial charge in [0.15, 0.2) is 0 Å². The van der Waals surface area contributed by atoms with E-state index in [1.807, 2.05) is 0 Å². The monoisotopic (exact) mass is 430 g/mol. The first-order valence-corrected chi connectivity index (χ1v) is 9.63. The van der Waals surface area contributed by atoms with Gasteiger partial charge in [-0.1, -0.05) is 0 Å². The maximum Gasteiger partial charge on any atom is 0.242 e. The molecule has 2 aliphatic rings. The molecule has 2 fully saturated rings. The van der Waals surface area contributed by atoms with E-state index in [0.29, 0.717) is 10.4 Å². The quantitative estimate of drug-likeness (QED) is 0.762. The molecule has 1 aromatic rings. The third-order valence-corrected chi connectivity index (χ3v) is 7.87. The van der Waals surface area contributed by atoms with Gasteiger partial charge in [-0.05, 0) is 44.3 Å². The van der Waals surface area contributed by atoms with Crippen LogP contribution in [0.1, 0.15) is 6.42 Å². The molecule has 0 amide bonds. The molecule has 1 aliphatic heterocycles. The SMILES string of the molecule is NC1C2CCOC2C1NS(=O)(=O)c1cc(Br)sc1Br. The van der Waals surface area contributed by atoms with Gasteiger partial charge in [0.2, 0.25) is 10.0 Å². The Morgan fingerprint density at radius 3 is 2.84 bits per heavy atom. The second-order valence-electron chi connectivity index (χ2n) is 4.70. The topological polar surface area (TPSA) is 81.4 Å². The Morgan fingerprint density at radius 2 is 2.21 bits per heavy atom. The van der Waals surface area contributed by atoms with E-state index in [1.54, 1.807) is 6.07 Å². The van der Waals surface area contributed by atoms with Crippen molar-refractivity contribution in [2.24, 2.45) is 11.7 Å². The fraction of sp³-hybridized carbons (Fsp3) is 0.600. The zero-order valence-electron chi connectivity index (χ0n) is 9.68. The highest BCUT2D eigenvalue weighted by molar-refractivity contribution is 9.12. The Bertz CT molecular complexity index is 604. The van der Waals surface area contributed by atoms with Crippen LogP contribution >= 0.6 is 43.2 Å². The molecular weight excluding hydrogens is 420 g/mol. The summed E-state index contributed by atoms with van der Waals surface area (Å²) < 4.78 is 34.2. The van der Waals surface area contributed by atoms with Gasteiger partial charge in [0.05, 0.1) is 19.7 Å². The van der Waals surface area contributed by atoms with E-state index in [0.717, 1.165) is 10.2 Å². The molecule has 0 aromatic carbocycles. The van der Waals surface area contributed by atoms with E-state index in [2.05, 4.69) is 36.6 Å². The van der Waals surface area contributed by atoms with Gasteiger partial charge in [-0.3, -0.25) is 0 Å². The lowest BCUT2D eigenvalue weighted by Crippen LogP contribution is -2.68. The van der Waals surface area contributed by atoms with Crippen LogP contribution in [-0.2, 0) is 14.8 Å². The Balaban J connectivity index is 1.81. The van der Waals surface area contributed by atoms with Crippen molar-refractivity contribution in [2.45, 2.75) is 29.5 Å². The number of rotatable bonds is 3. The van der Waals surface area contributed by atoms with Crippen LogP contribution in [0.5, 0.6) is 0 Å².